The fourth-order valence-electron chi connectivity index (χ4n) is 1.25. The summed E-state index contributed by atoms with van der Waals surface area (Å²) in [4.78, 5) is -0.797. The molecule has 0 saturated carbocycles. The molecule has 1 aromatic carbocycles. The van der Waals surface area contributed by atoms with Gasteiger partial charge in [0, 0.05) is 11.9 Å². The van der Waals surface area contributed by atoms with Crippen LogP contribution in [0.4, 0.5) is 18.9 Å². The molecule has 102 valence electrons. The van der Waals surface area contributed by atoms with Crippen LogP contribution in [0.3, 0.4) is 0 Å². The van der Waals surface area contributed by atoms with Gasteiger partial charge in [0.1, 0.15) is 0 Å². The van der Waals surface area contributed by atoms with Gasteiger partial charge in [-0.1, -0.05) is 12.1 Å². The van der Waals surface area contributed by atoms with Gasteiger partial charge in [-0.2, -0.15) is 13.2 Å². The van der Waals surface area contributed by atoms with E-state index >= 15 is 0 Å². The van der Waals surface area contributed by atoms with E-state index in [9.17, 15) is 21.6 Å². The van der Waals surface area contributed by atoms with E-state index in [1.54, 1.807) is 6.92 Å². The Kier molecular flexibility index (Phi) is 4.50. The van der Waals surface area contributed by atoms with Crippen molar-refractivity contribution in [1.82, 2.24) is 0 Å². The molecule has 18 heavy (non-hydrogen) atoms. The Morgan fingerprint density at radius 3 is 2.39 bits per heavy atom. The number of rotatable bonds is 4. The molecule has 0 fully saturated rings. The van der Waals surface area contributed by atoms with Gasteiger partial charge in [0.2, 0.25) is 0 Å². The van der Waals surface area contributed by atoms with Crippen LogP contribution in [0.25, 0.3) is 0 Å². The molecule has 1 aromatic rings. The summed E-state index contributed by atoms with van der Waals surface area (Å²) in [5.74, 6) is 0.139. The van der Waals surface area contributed by atoms with Crippen molar-refractivity contribution in [2.75, 3.05) is 11.2 Å². The number of nitrogens with one attached hydrogen (secondary N) is 1. The van der Waals surface area contributed by atoms with Gasteiger partial charge in [-0.3, -0.25) is 0 Å². The van der Waals surface area contributed by atoms with Crippen molar-refractivity contribution in [2.24, 2.45) is 0 Å². The molecule has 0 radical (unpaired) electrons. The Balaban J connectivity index is 3.26. The topological polar surface area (TPSA) is 46.2 Å². The van der Waals surface area contributed by atoms with Crippen LogP contribution in [0, 0.1) is 0 Å². The van der Waals surface area contributed by atoms with Gasteiger partial charge in [0.15, 0.2) is 0 Å². The van der Waals surface area contributed by atoms with Crippen molar-refractivity contribution in [3.63, 3.8) is 0 Å². The zero-order valence-electron chi connectivity index (χ0n) is 9.33. The van der Waals surface area contributed by atoms with Gasteiger partial charge >= 0.3 is 5.51 Å². The van der Waals surface area contributed by atoms with Crippen molar-refractivity contribution in [2.45, 2.75) is 23.4 Å². The highest BCUT2D eigenvalue weighted by atomic mass is 35.5. The summed E-state index contributed by atoms with van der Waals surface area (Å²) >= 11 is 5.52. The first kappa shape index (κ1) is 15.1. The summed E-state index contributed by atoms with van der Waals surface area (Å²) in [6, 6.07) is 4.50. The minimum Gasteiger partial charge on any atom is -0.380 e. The maximum Gasteiger partial charge on any atom is 0.501 e. The second kappa shape index (κ2) is 5.36. The second-order valence-electron chi connectivity index (χ2n) is 3.65. The highest BCUT2D eigenvalue weighted by Crippen LogP contribution is 2.34. The normalized spacial score (nSPS) is 14.3. The third-order valence-corrected chi connectivity index (χ3v) is 4.12. The van der Waals surface area contributed by atoms with E-state index in [2.05, 4.69) is 5.32 Å². The lowest BCUT2D eigenvalue weighted by Crippen LogP contribution is -2.26. The summed E-state index contributed by atoms with van der Waals surface area (Å²) in [6.07, 6.45) is 0. The first-order valence-corrected chi connectivity index (χ1v) is 6.95. The highest BCUT2D eigenvalue weighted by Gasteiger charge is 2.47. The molecule has 0 amide bonds. The molecule has 1 rings (SSSR count). The number of benzene rings is 1. The summed E-state index contributed by atoms with van der Waals surface area (Å²) < 4.78 is 60.1. The smallest absolute Gasteiger partial charge is 0.380 e. The standard InChI is InChI=1S/C10H11ClF3NO2S/c1-7(6-11)15-8-4-2-3-5-9(8)18(16,17)10(12,13)14/h2-5,7,15H,6H2,1H3. The lowest BCUT2D eigenvalue weighted by molar-refractivity contribution is -0.0435. The number of hydrogen-bond donors (Lipinski definition) is 1. The van der Waals surface area contributed by atoms with Crippen LogP contribution in [-0.2, 0) is 9.84 Å². The van der Waals surface area contributed by atoms with Crippen molar-refractivity contribution >= 4 is 27.1 Å². The molecule has 1 unspecified atom stereocenters. The van der Waals surface area contributed by atoms with E-state index in [0.717, 1.165) is 6.07 Å². The summed E-state index contributed by atoms with van der Waals surface area (Å²) in [5, 5.41) is 2.63. The lowest BCUT2D eigenvalue weighted by Gasteiger charge is -2.17. The minimum atomic E-state index is -5.37. The number of halogens is 4. The van der Waals surface area contributed by atoms with Crippen LogP contribution in [0.2, 0.25) is 0 Å². The maximum absolute atomic E-state index is 12.5. The summed E-state index contributed by atoms with van der Waals surface area (Å²) in [6.45, 7) is 1.63. The van der Waals surface area contributed by atoms with Gasteiger partial charge in [-0.25, -0.2) is 8.42 Å². The van der Waals surface area contributed by atoms with E-state index in [1.807, 2.05) is 0 Å². The van der Waals surface area contributed by atoms with Gasteiger partial charge in [-0.15, -0.1) is 11.6 Å². The molecule has 0 spiro atoms. The second-order valence-corrected chi connectivity index (χ2v) is 5.86. The van der Waals surface area contributed by atoms with Crippen LogP contribution in [-0.4, -0.2) is 25.8 Å². The lowest BCUT2D eigenvalue weighted by atomic mass is 10.3. The van der Waals surface area contributed by atoms with E-state index in [-0.39, 0.29) is 17.6 Å². The number of sulfone groups is 1. The fourth-order valence-corrected chi connectivity index (χ4v) is 2.25. The quantitative estimate of drug-likeness (QED) is 0.870. The molecule has 0 heterocycles. The van der Waals surface area contributed by atoms with Crippen LogP contribution >= 0.6 is 11.6 Å². The largest absolute Gasteiger partial charge is 0.501 e. The average molecular weight is 302 g/mol. The summed E-state index contributed by atoms with van der Waals surface area (Å²) in [5.41, 5.74) is -5.43. The molecule has 1 N–H and O–H groups in total. The van der Waals surface area contributed by atoms with Gasteiger partial charge < -0.3 is 5.32 Å². The number of hydrogen-bond acceptors (Lipinski definition) is 3. The molecular weight excluding hydrogens is 291 g/mol. The Morgan fingerprint density at radius 1 is 1.33 bits per heavy atom. The highest BCUT2D eigenvalue weighted by molar-refractivity contribution is 7.92. The van der Waals surface area contributed by atoms with Crippen LogP contribution < -0.4 is 5.32 Å². The van der Waals surface area contributed by atoms with Crippen molar-refractivity contribution < 1.29 is 21.6 Å². The fraction of sp³-hybridized carbons (Fsp3) is 0.400. The molecule has 0 aliphatic heterocycles. The zero-order chi connectivity index (χ0) is 14.0. The summed E-state index contributed by atoms with van der Waals surface area (Å²) in [7, 11) is -5.37. The number of para-hydroxylation sites is 1. The molecule has 1 atom stereocenters. The number of alkyl halides is 4. The SMILES string of the molecule is CC(CCl)Nc1ccccc1S(=O)(=O)C(F)(F)F. The molecule has 0 bridgehead atoms. The van der Waals surface area contributed by atoms with Crippen LogP contribution in [0.15, 0.2) is 29.2 Å². The Bertz CT molecular complexity index is 516. The third kappa shape index (κ3) is 3.08. The molecule has 0 aromatic heterocycles. The predicted molar refractivity (Wildman–Crippen MR) is 63.5 cm³/mol. The first-order valence-electron chi connectivity index (χ1n) is 4.93. The Labute approximate surface area is 108 Å². The zero-order valence-corrected chi connectivity index (χ0v) is 10.9. The van der Waals surface area contributed by atoms with E-state index < -0.39 is 20.2 Å². The minimum absolute atomic E-state index is 0.108. The first-order chi connectivity index (χ1) is 8.20. The molecular formula is C10H11ClF3NO2S. The van der Waals surface area contributed by atoms with Gasteiger partial charge in [-0.05, 0) is 19.1 Å². The Morgan fingerprint density at radius 2 is 1.89 bits per heavy atom. The molecule has 0 aliphatic carbocycles. The molecule has 8 heteroatoms. The Hall–Kier alpha value is -0.950. The van der Waals surface area contributed by atoms with Gasteiger partial charge in [0.25, 0.3) is 9.84 Å². The molecule has 0 aliphatic rings. The van der Waals surface area contributed by atoms with E-state index in [0.29, 0.717) is 0 Å². The number of anilines is 1. The van der Waals surface area contributed by atoms with E-state index in [1.165, 1.54) is 18.2 Å². The average Bonchev–Trinajstić information content (AvgIpc) is 2.28. The third-order valence-electron chi connectivity index (χ3n) is 2.11. The van der Waals surface area contributed by atoms with E-state index in [4.69, 9.17) is 11.6 Å². The monoisotopic (exact) mass is 301 g/mol. The van der Waals surface area contributed by atoms with Crippen LogP contribution in [0.5, 0.6) is 0 Å². The predicted octanol–water partition coefficient (Wildman–Crippen LogP) is 3.02. The maximum atomic E-state index is 12.5. The van der Waals surface area contributed by atoms with Crippen LogP contribution in [0.1, 0.15) is 6.92 Å². The van der Waals surface area contributed by atoms with Crippen molar-refractivity contribution in [1.29, 1.82) is 0 Å². The molecule has 0 saturated heterocycles. The van der Waals surface area contributed by atoms with Crippen molar-refractivity contribution in [3.05, 3.63) is 24.3 Å². The van der Waals surface area contributed by atoms with Crippen molar-refractivity contribution in [3.8, 4) is 0 Å². The molecule has 3 nitrogen and oxygen atoms in total. The van der Waals surface area contributed by atoms with Gasteiger partial charge in [0.05, 0.1) is 10.6 Å².